The number of rotatable bonds is 3. The van der Waals surface area contributed by atoms with Crippen molar-refractivity contribution in [3.8, 4) is 0 Å². The zero-order chi connectivity index (χ0) is 13.7. The molecule has 1 aliphatic carbocycles. The fourth-order valence-corrected chi connectivity index (χ4v) is 4.63. The third kappa shape index (κ3) is 1.93. The van der Waals surface area contributed by atoms with E-state index in [4.69, 9.17) is 0 Å². The molecule has 0 N–H and O–H groups in total. The molecule has 106 valence electrons. The molecule has 2 fully saturated rings. The minimum atomic E-state index is 0.344. The quantitative estimate of drug-likeness (QED) is 0.840. The van der Waals surface area contributed by atoms with Crippen LogP contribution in [0.25, 0.3) is 0 Å². The molecule has 3 aliphatic rings. The number of ketones is 1. The Morgan fingerprint density at radius 3 is 2.60 bits per heavy atom. The molecular weight excluding hydrogens is 246 g/mol. The number of piperidine rings is 1. The second-order valence-corrected chi connectivity index (χ2v) is 6.99. The van der Waals surface area contributed by atoms with E-state index in [0.29, 0.717) is 29.7 Å². The number of fused-ring (bicyclic) bond motifs is 3. The second kappa shape index (κ2) is 4.70. The lowest BCUT2D eigenvalue weighted by molar-refractivity contribution is -0.125. The van der Waals surface area contributed by atoms with Crippen molar-refractivity contribution in [2.75, 3.05) is 7.05 Å². The smallest absolute Gasteiger partial charge is 0.136 e. The molecule has 4 rings (SSSR count). The van der Waals surface area contributed by atoms with Gasteiger partial charge >= 0.3 is 0 Å². The maximum Gasteiger partial charge on any atom is 0.136 e. The summed E-state index contributed by atoms with van der Waals surface area (Å²) in [5, 5.41) is 0. The van der Waals surface area contributed by atoms with E-state index in [0.717, 1.165) is 25.7 Å². The number of Topliss-reactive ketones (excluding diaryl/α,β-unsaturated/α-hetero) is 1. The van der Waals surface area contributed by atoms with Crippen molar-refractivity contribution in [2.45, 2.75) is 56.5 Å². The molecule has 0 aromatic heterocycles. The first-order valence-electron chi connectivity index (χ1n) is 8.05. The van der Waals surface area contributed by atoms with Crippen LogP contribution >= 0.6 is 0 Å². The SMILES string of the molecule is CN1C2CCC1CC(C(=O)CC1Cc3ccccc31)C2. The molecule has 0 amide bonds. The highest BCUT2D eigenvalue weighted by Gasteiger charge is 2.41. The summed E-state index contributed by atoms with van der Waals surface area (Å²) >= 11 is 0. The molecule has 2 aliphatic heterocycles. The van der Waals surface area contributed by atoms with E-state index in [1.807, 2.05) is 0 Å². The van der Waals surface area contributed by atoms with Crippen LogP contribution in [-0.2, 0) is 11.2 Å². The molecule has 2 bridgehead atoms. The molecule has 1 aromatic carbocycles. The maximum atomic E-state index is 12.6. The van der Waals surface area contributed by atoms with E-state index < -0.39 is 0 Å². The Balaban J connectivity index is 1.40. The van der Waals surface area contributed by atoms with Gasteiger partial charge in [-0.25, -0.2) is 0 Å². The van der Waals surface area contributed by atoms with Crippen LogP contribution in [0.15, 0.2) is 24.3 Å². The summed E-state index contributed by atoms with van der Waals surface area (Å²) in [7, 11) is 2.24. The van der Waals surface area contributed by atoms with Crippen LogP contribution in [0.5, 0.6) is 0 Å². The Labute approximate surface area is 121 Å². The van der Waals surface area contributed by atoms with Gasteiger partial charge in [0.1, 0.15) is 5.78 Å². The van der Waals surface area contributed by atoms with Gasteiger partial charge in [-0.05, 0) is 56.2 Å². The van der Waals surface area contributed by atoms with Crippen molar-refractivity contribution < 1.29 is 4.79 Å². The number of carbonyl (C=O) groups is 1. The minimum absolute atomic E-state index is 0.344. The predicted octanol–water partition coefficient (Wildman–Crippen LogP) is 3.16. The third-order valence-corrected chi connectivity index (χ3v) is 5.96. The molecule has 20 heavy (non-hydrogen) atoms. The largest absolute Gasteiger partial charge is 0.300 e. The molecule has 0 spiro atoms. The van der Waals surface area contributed by atoms with Gasteiger partial charge in [0, 0.05) is 24.4 Å². The van der Waals surface area contributed by atoms with Crippen molar-refractivity contribution in [1.29, 1.82) is 0 Å². The van der Waals surface area contributed by atoms with Gasteiger partial charge in [-0.2, -0.15) is 0 Å². The van der Waals surface area contributed by atoms with Crippen molar-refractivity contribution in [3.05, 3.63) is 35.4 Å². The van der Waals surface area contributed by atoms with Crippen molar-refractivity contribution in [3.63, 3.8) is 0 Å². The van der Waals surface area contributed by atoms with Crippen LogP contribution in [0.3, 0.4) is 0 Å². The monoisotopic (exact) mass is 269 g/mol. The van der Waals surface area contributed by atoms with Gasteiger partial charge in [0.2, 0.25) is 0 Å². The summed E-state index contributed by atoms with van der Waals surface area (Å²) in [6.07, 6.45) is 6.72. The lowest BCUT2D eigenvalue weighted by Gasteiger charge is -2.37. The highest BCUT2D eigenvalue weighted by Crippen LogP contribution is 2.42. The summed E-state index contributed by atoms with van der Waals surface area (Å²) < 4.78 is 0. The minimum Gasteiger partial charge on any atom is -0.300 e. The van der Waals surface area contributed by atoms with E-state index in [1.54, 1.807) is 0 Å². The second-order valence-electron chi connectivity index (χ2n) is 6.99. The summed E-state index contributed by atoms with van der Waals surface area (Å²) in [6, 6.07) is 9.96. The van der Waals surface area contributed by atoms with Gasteiger partial charge in [-0.3, -0.25) is 4.79 Å². The van der Waals surface area contributed by atoms with E-state index in [2.05, 4.69) is 36.2 Å². The van der Waals surface area contributed by atoms with Gasteiger partial charge in [-0.15, -0.1) is 0 Å². The van der Waals surface area contributed by atoms with Crippen molar-refractivity contribution in [2.24, 2.45) is 5.92 Å². The average Bonchev–Trinajstić information content (AvgIpc) is 2.66. The Kier molecular flexibility index (Phi) is 2.95. The summed E-state index contributed by atoms with van der Waals surface area (Å²) in [4.78, 5) is 15.1. The lowest BCUT2D eigenvalue weighted by atomic mass is 9.73. The van der Waals surface area contributed by atoms with Gasteiger partial charge in [0.15, 0.2) is 0 Å². The summed E-state index contributed by atoms with van der Waals surface area (Å²) in [6.45, 7) is 0. The van der Waals surface area contributed by atoms with Crippen molar-refractivity contribution >= 4 is 5.78 Å². The molecule has 2 nitrogen and oxygen atoms in total. The summed E-state index contributed by atoms with van der Waals surface area (Å²) in [5.74, 6) is 1.39. The topological polar surface area (TPSA) is 20.3 Å². The van der Waals surface area contributed by atoms with Crippen LogP contribution in [-0.4, -0.2) is 29.8 Å². The zero-order valence-corrected chi connectivity index (χ0v) is 12.2. The molecule has 0 radical (unpaired) electrons. The first kappa shape index (κ1) is 12.6. The number of nitrogens with zero attached hydrogens (tertiary/aromatic N) is 1. The molecule has 1 aromatic rings. The molecule has 3 unspecified atom stereocenters. The van der Waals surface area contributed by atoms with Gasteiger partial charge in [0.05, 0.1) is 0 Å². The normalized spacial score (nSPS) is 35.5. The molecule has 0 saturated carbocycles. The first-order valence-corrected chi connectivity index (χ1v) is 8.05. The third-order valence-electron chi connectivity index (χ3n) is 5.96. The van der Waals surface area contributed by atoms with Crippen LogP contribution in [0.4, 0.5) is 0 Å². The highest BCUT2D eigenvalue weighted by molar-refractivity contribution is 5.82. The molecule has 2 saturated heterocycles. The number of benzene rings is 1. The standard InChI is InChI=1S/C18H23NO/c1-19-15-6-7-16(19)10-14(9-15)18(20)11-13-8-12-4-2-3-5-17(12)13/h2-5,13-16H,6-11H2,1H3. The van der Waals surface area contributed by atoms with Crippen LogP contribution in [0, 0.1) is 5.92 Å². The average molecular weight is 269 g/mol. The number of carbonyl (C=O) groups excluding carboxylic acids is 1. The van der Waals surface area contributed by atoms with E-state index >= 15 is 0 Å². The highest BCUT2D eigenvalue weighted by atomic mass is 16.1. The van der Waals surface area contributed by atoms with Gasteiger partial charge in [-0.1, -0.05) is 24.3 Å². The first-order chi connectivity index (χ1) is 9.72. The van der Waals surface area contributed by atoms with Crippen molar-refractivity contribution in [1.82, 2.24) is 4.90 Å². The van der Waals surface area contributed by atoms with Crippen LogP contribution in [0.2, 0.25) is 0 Å². The zero-order valence-electron chi connectivity index (χ0n) is 12.2. The van der Waals surface area contributed by atoms with E-state index in [-0.39, 0.29) is 0 Å². The molecule has 3 atom stereocenters. The molecule has 2 heterocycles. The Bertz CT molecular complexity index is 524. The Morgan fingerprint density at radius 2 is 1.90 bits per heavy atom. The van der Waals surface area contributed by atoms with Crippen LogP contribution < -0.4 is 0 Å². The maximum absolute atomic E-state index is 12.6. The fraction of sp³-hybridized carbons (Fsp3) is 0.611. The van der Waals surface area contributed by atoms with E-state index in [9.17, 15) is 4.79 Å². The summed E-state index contributed by atoms with van der Waals surface area (Å²) in [5.41, 5.74) is 2.88. The van der Waals surface area contributed by atoms with E-state index in [1.165, 1.54) is 24.0 Å². The Morgan fingerprint density at radius 1 is 1.20 bits per heavy atom. The Hall–Kier alpha value is -1.15. The van der Waals surface area contributed by atoms with Gasteiger partial charge in [0.25, 0.3) is 0 Å². The molecular formula is C18H23NO. The number of hydrogen-bond donors (Lipinski definition) is 0. The molecule has 2 heteroatoms. The lowest BCUT2D eigenvalue weighted by Crippen LogP contribution is -2.42. The predicted molar refractivity (Wildman–Crippen MR) is 79.8 cm³/mol. The van der Waals surface area contributed by atoms with Crippen LogP contribution in [0.1, 0.15) is 49.1 Å². The fourth-order valence-electron chi connectivity index (χ4n) is 4.63. The number of hydrogen-bond acceptors (Lipinski definition) is 2. The van der Waals surface area contributed by atoms with Gasteiger partial charge < -0.3 is 4.90 Å².